The molecule has 2 aromatic rings. The first-order chi connectivity index (χ1) is 10.3. The van der Waals surface area contributed by atoms with Crippen molar-refractivity contribution in [3.8, 4) is 5.75 Å². The van der Waals surface area contributed by atoms with E-state index >= 15 is 0 Å². The van der Waals surface area contributed by atoms with Crippen molar-refractivity contribution in [2.24, 2.45) is 0 Å². The molecule has 0 saturated carbocycles. The lowest BCUT2D eigenvalue weighted by molar-refractivity contribution is 0.415. The van der Waals surface area contributed by atoms with Gasteiger partial charge in [0.25, 0.3) is 0 Å². The number of aryl methyl sites for hydroxylation is 1. The second-order valence-electron chi connectivity index (χ2n) is 5.49. The Bertz CT molecular complexity index is 626. The van der Waals surface area contributed by atoms with Gasteiger partial charge in [-0.15, -0.1) is 0 Å². The van der Waals surface area contributed by atoms with Gasteiger partial charge in [-0.25, -0.2) is 0 Å². The summed E-state index contributed by atoms with van der Waals surface area (Å²) in [6.45, 7) is 0. The average Bonchev–Trinajstić information content (AvgIpc) is 2.72. The molecule has 0 fully saturated rings. The Balaban J connectivity index is 1.87. The number of methoxy groups -OCH3 is 1. The number of fused-ring (bicyclic) bond motifs is 1. The van der Waals surface area contributed by atoms with Crippen LogP contribution < -0.4 is 10.1 Å². The molecule has 1 N–H and O–H groups in total. The van der Waals surface area contributed by atoms with Crippen LogP contribution in [0, 0.1) is 0 Å². The van der Waals surface area contributed by atoms with Crippen molar-refractivity contribution in [3.05, 3.63) is 58.6 Å². The maximum atomic E-state index is 6.09. The van der Waals surface area contributed by atoms with E-state index in [1.165, 1.54) is 30.4 Å². The Kier molecular flexibility index (Phi) is 4.35. The van der Waals surface area contributed by atoms with Crippen molar-refractivity contribution < 1.29 is 4.74 Å². The zero-order valence-electron chi connectivity index (χ0n) is 12.2. The molecule has 0 aliphatic heterocycles. The highest BCUT2D eigenvalue weighted by Crippen LogP contribution is 2.34. The fourth-order valence-corrected chi connectivity index (χ4v) is 3.22. The largest absolute Gasteiger partial charge is 0.495 e. The van der Waals surface area contributed by atoms with Gasteiger partial charge in [0.1, 0.15) is 5.75 Å². The summed E-state index contributed by atoms with van der Waals surface area (Å²) in [6.07, 6.45) is 4.84. The van der Waals surface area contributed by atoms with Crippen LogP contribution in [0.3, 0.4) is 0 Å². The van der Waals surface area contributed by atoms with Crippen LogP contribution in [0.2, 0.25) is 5.02 Å². The van der Waals surface area contributed by atoms with E-state index in [2.05, 4.69) is 29.6 Å². The van der Waals surface area contributed by atoms with E-state index in [0.29, 0.717) is 16.8 Å². The highest BCUT2D eigenvalue weighted by molar-refractivity contribution is 6.32. The van der Waals surface area contributed by atoms with Crippen molar-refractivity contribution >= 4 is 17.3 Å². The van der Waals surface area contributed by atoms with E-state index in [-0.39, 0.29) is 0 Å². The number of hydrogen-bond acceptors (Lipinski definition) is 2. The van der Waals surface area contributed by atoms with Crippen molar-refractivity contribution in [2.45, 2.75) is 31.7 Å². The maximum absolute atomic E-state index is 6.09. The predicted octanol–water partition coefficient (Wildman–Crippen LogP) is 5.23. The van der Waals surface area contributed by atoms with Crippen LogP contribution >= 0.6 is 11.6 Å². The lowest BCUT2D eigenvalue weighted by atomic mass is 9.99. The summed E-state index contributed by atoms with van der Waals surface area (Å²) in [5.41, 5.74) is 3.94. The van der Waals surface area contributed by atoms with Gasteiger partial charge in [0.2, 0.25) is 0 Å². The quantitative estimate of drug-likeness (QED) is 0.784. The minimum Gasteiger partial charge on any atom is -0.495 e. The molecule has 0 spiro atoms. The van der Waals surface area contributed by atoms with Crippen LogP contribution in [-0.4, -0.2) is 7.11 Å². The second-order valence-corrected chi connectivity index (χ2v) is 5.90. The van der Waals surface area contributed by atoms with Gasteiger partial charge in [-0.05, 0) is 42.5 Å². The summed E-state index contributed by atoms with van der Waals surface area (Å²) in [5, 5.41) is 4.28. The first kappa shape index (κ1) is 14.3. The molecule has 21 heavy (non-hydrogen) atoms. The molecule has 2 aromatic carbocycles. The van der Waals surface area contributed by atoms with E-state index in [0.717, 1.165) is 12.1 Å². The maximum Gasteiger partial charge on any atom is 0.139 e. The van der Waals surface area contributed by atoms with Crippen LogP contribution in [0.15, 0.2) is 42.5 Å². The Morgan fingerprint density at radius 2 is 2.00 bits per heavy atom. The lowest BCUT2D eigenvalue weighted by Gasteiger charge is -2.21. The summed E-state index contributed by atoms with van der Waals surface area (Å²) >= 11 is 6.09. The van der Waals surface area contributed by atoms with Crippen LogP contribution in [0.4, 0.5) is 5.69 Å². The third-order valence-corrected chi connectivity index (χ3v) is 4.42. The number of benzene rings is 2. The molecule has 0 amide bonds. The van der Waals surface area contributed by atoms with Gasteiger partial charge >= 0.3 is 0 Å². The minimum atomic E-state index is 0.356. The monoisotopic (exact) mass is 301 g/mol. The number of rotatable bonds is 3. The summed E-state index contributed by atoms with van der Waals surface area (Å²) in [4.78, 5) is 0. The Labute approximate surface area is 131 Å². The number of ether oxygens (including phenoxy) is 1. The van der Waals surface area contributed by atoms with Gasteiger partial charge < -0.3 is 10.1 Å². The molecule has 0 radical (unpaired) electrons. The molecule has 110 valence electrons. The van der Waals surface area contributed by atoms with Crippen LogP contribution in [0.25, 0.3) is 0 Å². The van der Waals surface area contributed by atoms with Crippen molar-refractivity contribution in [1.82, 2.24) is 0 Å². The summed E-state index contributed by atoms with van der Waals surface area (Å²) in [6, 6.07) is 15.0. The van der Waals surface area contributed by atoms with E-state index in [1.54, 1.807) is 7.11 Å². The smallest absolute Gasteiger partial charge is 0.139 e. The molecule has 1 atom stereocenters. The van der Waals surface area contributed by atoms with Crippen LogP contribution in [0.1, 0.15) is 36.4 Å². The van der Waals surface area contributed by atoms with Crippen LogP contribution in [-0.2, 0) is 6.42 Å². The van der Waals surface area contributed by atoms with E-state index < -0.39 is 0 Å². The predicted molar refractivity (Wildman–Crippen MR) is 88.4 cm³/mol. The van der Waals surface area contributed by atoms with E-state index in [9.17, 15) is 0 Å². The number of nitrogens with one attached hydrogen (secondary N) is 1. The molecule has 1 aliphatic rings. The van der Waals surface area contributed by atoms with Gasteiger partial charge in [0, 0.05) is 11.8 Å². The minimum absolute atomic E-state index is 0.356. The molecule has 1 unspecified atom stereocenters. The number of anilines is 1. The Morgan fingerprint density at radius 1 is 1.14 bits per heavy atom. The molecule has 0 aromatic heterocycles. The lowest BCUT2D eigenvalue weighted by Crippen LogP contribution is -2.11. The Hall–Kier alpha value is -1.67. The van der Waals surface area contributed by atoms with Crippen molar-refractivity contribution in [3.63, 3.8) is 0 Å². The fraction of sp³-hybridized carbons (Fsp3) is 0.333. The molecule has 0 saturated heterocycles. The molecule has 1 aliphatic carbocycles. The van der Waals surface area contributed by atoms with Crippen molar-refractivity contribution in [2.75, 3.05) is 12.4 Å². The standard InChI is InChI=1S/C18H20ClNO/c1-21-18-12-14(10-11-16(18)19)20-17-9-5-3-7-13-6-2-4-8-15(13)17/h2,4,6,8,10-12,17,20H,3,5,7,9H2,1H3. The first-order valence-electron chi connectivity index (χ1n) is 7.46. The zero-order valence-corrected chi connectivity index (χ0v) is 13.0. The third kappa shape index (κ3) is 3.16. The number of hydrogen-bond donors (Lipinski definition) is 1. The van der Waals surface area contributed by atoms with Crippen LogP contribution in [0.5, 0.6) is 5.75 Å². The normalized spacial score (nSPS) is 17.7. The number of halogens is 1. The van der Waals surface area contributed by atoms with Gasteiger partial charge in [-0.1, -0.05) is 42.3 Å². The molecular formula is C18H20ClNO. The zero-order chi connectivity index (χ0) is 14.7. The van der Waals surface area contributed by atoms with Gasteiger partial charge in [-0.2, -0.15) is 0 Å². The fourth-order valence-electron chi connectivity index (χ4n) is 3.02. The summed E-state index contributed by atoms with van der Waals surface area (Å²) in [7, 11) is 1.64. The topological polar surface area (TPSA) is 21.3 Å². The molecule has 0 heterocycles. The Morgan fingerprint density at radius 3 is 2.86 bits per heavy atom. The molecule has 3 rings (SSSR count). The molecule has 0 bridgehead atoms. The average molecular weight is 302 g/mol. The third-order valence-electron chi connectivity index (χ3n) is 4.11. The molecular weight excluding hydrogens is 282 g/mol. The van der Waals surface area contributed by atoms with Gasteiger partial charge in [0.15, 0.2) is 0 Å². The van der Waals surface area contributed by atoms with E-state index in [4.69, 9.17) is 16.3 Å². The molecule has 2 nitrogen and oxygen atoms in total. The first-order valence-corrected chi connectivity index (χ1v) is 7.83. The SMILES string of the molecule is COc1cc(NC2CCCCc3ccccc32)ccc1Cl. The highest BCUT2D eigenvalue weighted by atomic mass is 35.5. The van der Waals surface area contributed by atoms with E-state index in [1.807, 2.05) is 18.2 Å². The van der Waals surface area contributed by atoms with Crippen molar-refractivity contribution in [1.29, 1.82) is 0 Å². The summed E-state index contributed by atoms with van der Waals surface area (Å²) in [5.74, 6) is 0.712. The van der Waals surface area contributed by atoms with Gasteiger partial charge in [0.05, 0.1) is 18.2 Å². The highest BCUT2D eigenvalue weighted by Gasteiger charge is 2.18. The summed E-state index contributed by atoms with van der Waals surface area (Å²) < 4.78 is 5.30. The molecule has 3 heteroatoms. The van der Waals surface area contributed by atoms with Gasteiger partial charge in [-0.3, -0.25) is 0 Å². The second kappa shape index (κ2) is 6.40.